The van der Waals surface area contributed by atoms with E-state index in [9.17, 15) is 8.42 Å². The number of aromatic nitrogens is 4. The van der Waals surface area contributed by atoms with Crippen LogP contribution in [0.4, 0.5) is 0 Å². The predicted molar refractivity (Wildman–Crippen MR) is 64.1 cm³/mol. The van der Waals surface area contributed by atoms with Crippen LogP contribution in [0.3, 0.4) is 0 Å². The molecule has 2 N–H and O–H groups in total. The molecule has 0 aliphatic carbocycles. The smallest absolute Gasteiger partial charge is 0.244 e. The SMILES string of the molecule is Cc1nccc(CNS(=O)(=O)c2cn[nH]c2C)n1. The zero-order chi connectivity index (χ0) is 13.2. The fourth-order valence-electron chi connectivity index (χ4n) is 1.46. The Bertz CT molecular complexity index is 650. The van der Waals surface area contributed by atoms with Gasteiger partial charge in [-0.15, -0.1) is 0 Å². The zero-order valence-corrected chi connectivity index (χ0v) is 10.8. The summed E-state index contributed by atoms with van der Waals surface area (Å²) >= 11 is 0. The molecule has 18 heavy (non-hydrogen) atoms. The van der Waals surface area contributed by atoms with E-state index in [-0.39, 0.29) is 11.4 Å². The van der Waals surface area contributed by atoms with Gasteiger partial charge in [-0.2, -0.15) is 5.10 Å². The Morgan fingerprint density at radius 3 is 2.78 bits per heavy atom. The number of hydrogen-bond donors (Lipinski definition) is 2. The number of H-pyrrole nitrogens is 1. The number of sulfonamides is 1. The Balaban J connectivity index is 2.13. The molecular weight excluding hydrogens is 254 g/mol. The van der Waals surface area contributed by atoms with E-state index in [0.717, 1.165) is 0 Å². The van der Waals surface area contributed by atoms with Crippen LogP contribution in [0.15, 0.2) is 23.4 Å². The molecule has 0 radical (unpaired) electrons. The highest BCUT2D eigenvalue weighted by Gasteiger charge is 2.18. The topological polar surface area (TPSA) is 101 Å². The maximum absolute atomic E-state index is 12.0. The van der Waals surface area contributed by atoms with Crippen molar-refractivity contribution in [3.8, 4) is 0 Å². The average Bonchev–Trinajstić information content (AvgIpc) is 2.74. The Morgan fingerprint density at radius 2 is 2.17 bits per heavy atom. The molecule has 0 bridgehead atoms. The zero-order valence-electron chi connectivity index (χ0n) is 10.0. The van der Waals surface area contributed by atoms with E-state index in [2.05, 4.69) is 24.9 Å². The summed E-state index contributed by atoms with van der Waals surface area (Å²) < 4.78 is 26.4. The lowest BCUT2D eigenvalue weighted by atomic mass is 10.4. The Kier molecular flexibility index (Phi) is 3.39. The van der Waals surface area contributed by atoms with Crippen molar-refractivity contribution in [2.75, 3.05) is 0 Å². The minimum atomic E-state index is -3.56. The summed E-state index contributed by atoms with van der Waals surface area (Å²) in [7, 11) is -3.56. The standard InChI is InChI=1S/C10H13N5O2S/c1-7-10(6-12-15-7)18(16,17)13-5-9-3-4-11-8(2)14-9/h3-4,6,13H,5H2,1-2H3,(H,12,15). The molecule has 0 saturated carbocycles. The molecule has 0 fully saturated rings. The van der Waals surface area contributed by atoms with Crippen molar-refractivity contribution in [1.82, 2.24) is 24.9 Å². The molecule has 7 nitrogen and oxygen atoms in total. The van der Waals surface area contributed by atoms with Gasteiger partial charge in [0.25, 0.3) is 0 Å². The van der Waals surface area contributed by atoms with Gasteiger partial charge >= 0.3 is 0 Å². The largest absolute Gasteiger partial charge is 0.281 e. The third-order valence-corrected chi connectivity index (χ3v) is 3.87. The van der Waals surface area contributed by atoms with Gasteiger partial charge < -0.3 is 0 Å². The normalized spacial score (nSPS) is 11.7. The van der Waals surface area contributed by atoms with Gasteiger partial charge in [-0.1, -0.05) is 0 Å². The molecule has 0 aromatic carbocycles. The van der Waals surface area contributed by atoms with Crippen molar-refractivity contribution in [2.24, 2.45) is 0 Å². The summed E-state index contributed by atoms with van der Waals surface area (Å²) in [5, 5.41) is 6.27. The molecule has 2 aromatic heterocycles. The van der Waals surface area contributed by atoms with Gasteiger partial charge in [-0.3, -0.25) is 5.10 Å². The molecule has 0 aliphatic heterocycles. The van der Waals surface area contributed by atoms with Crippen molar-refractivity contribution in [1.29, 1.82) is 0 Å². The third kappa shape index (κ3) is 2.71. The lowest BCUT2D eigenvalue weighted by Gasteiger charge is -2.05. The molecule has 0 amide bonds. The molecule has 0 spiro atoms. The van der Waals surface area contributed by atoms with Crippen LogP contribution in [0, 0.1) is 13.8 Å². The Morgan fingerprint density at radius 1 is 1.39 bits per heavy atom. The fraction of sp³-hybridized carbons (Fsp3) is 0.300. The van der Waals surface area contributed by atoms with Gasteiger partial charge in [0.15, 0.2) is 0 Å². The monoisotopic (exact) mass is 267 g/mol. The van der Waals surface area contributed by atoms with Crippen molar-refractivity contribution < 1.29 is 8.42 Å². The Hall–Kier alpha value is -1.80. The lowest BCUT2D eigenvalue weighted by Crippen LogP contribution is -2.24. The predicted octanol–water partition coefficient (Wildman–Crippen LogP) is 0.295. The maximum atomic E-state index is 12.0. The summed E-state index contributed by atoms with van der Waals surface area (Å²) in [5.41, 5.74) is 1.12. The minimum absolute atomic E-state index is 0.121. The number of rotatable bonds is 4. The van der Waals surface area contributed by atoms with E-state index in [1.807, 2.05) is 0 Å². The van der Waals surface area contributed by atoms with Gasteiger partial charge in [-0.25, -0.2) is 23.1 Å². The average molecular weight is 267 g/mol. The second-order valence-corrected chi connectivity index (χ2v) is 5.51. The first-order valence-electron chi connectivity index (χ1n) is 5.27. The van der Waals surface area contributed by atoms with E-state index in [1.54, 1.807) is 26.1 Å². The molecule has 96 valence electrons. The minimum Gasteiger partial charge on any atom is -0.281 e. The van der Waals surface area contributed by atoms with Gasteiger partial charge in [0, 0.05) is 6.20 Å². The number of aromatic amines is 1. The van der Waals surface area contributed by atoms with Crippen LogP contribution >= 0.6 is 0 Å². The van der Waals surface area contributed by atoms with E-state index in [1.165, 1.54) is 6.20 Å². The lowest BCUT2D eigenvalue weighted by molar-refractivity contribution is 0.579. The first-order chi connectivity index (χ1) is 8.49. The highest BCUT2D eigenvalue weighted by molar-refractivity contribution is 7.89. The molecule has 0 saturated heterocycles. The fourth-order valence-corrected chi connectivity index (χ4v) is 2.59. The van der Waals surface area contributed by atoms with E-state index in [0.29, 0.717) is 17.2 Å². The summed E-state index contributed by atoms with van der Waals surface area (Å²) in [6.07, 6.45) is 2.87. The van der Waals surface area contributed by atoms with E-state index >= 15 is 0 Å². The first kappa shape index (κ1) is 12.7. The number of aryl methyl sites for hydroxylation is 2. The molecule has 0 atom stereocenters. The highest BCUT2D eigenvalue weighted by Crippen LogP contribution is 2.11. The van der Waals surface area contributed by atoms with Crippen LogP contribution in [0.2, 0.25) is 0 Å². The Labute approximate surface area is 105 Å². The van der Waals surface area contributed by atoms with Gasteiger partial charge in [0.2, 0.25) is 10.0 Å². The molecular formula is C10H13N5O2S. The molecule has 0 unspecified atom stereocenters. The molecule has 2 rings (SSSR count). The van der Waals surface area contributed by atoms with Crippen molar-refractivity contribution in [3.05, 3.63) is 35.7 Å². The number of nitrogens with one attached hydrogen (secondary N) is 2. The summed E-state index contributed by atoms with van der Waals surface area (Å²) in [5.74, 6) is 0.603. The van der Waals surface area contributed by atoms with Crippen LogP contribution in [0.5, 0.6) is 0 Å². The van der Waals surface area contributed by atoms with Crippen LogP contribution in [0.1, 0.15) is 17.2 Å². The first-order valence-corrected chi connectivity index (χ1v) is 6.75. The van der Waals surface area contributed by atoms with Crippen LogP contribution in [-0.2, 0) is 16.6 Å². The van der Waals surface area contributed by atoms with E-state index in [4.69, 9.17) is 0 Å². The molecule has 2 aromatic rings. The summed E-state index contributed by atoms with van der Waals surface area (Å²) in [4.78, 5) is 8.21. The molecule has 8 heteroatoms. The van der Waals surface area contributed by atoms with Crippen molar-refractivity contribution in [2.45, 2.75) is 25.3 Å². The quantitative estimate of drug-likeness (QED) is 0.829. The van der Waals surface area contributed by atoms with E-state index < -0.39 is 10.0 Å². The second-order valence-electron chi connectivity index (χ2n) is 3.78. The van der Waals surface area contributed by atoms with Gasteiger partial charge in [0.1, 0.15) is 10.7 Å². The summed E-state index contributed by atoms with van der Waals surface area (Å²) in [6, 6.07) is 1.66. The third-order valence-electron chi connectivity index (χ3n) is 2.35. The summed E-state index contributed by atoms with van der Waals surface area (Å²) in [6.45, 7) is 3.52. The highest BCUT2D eigenvalue weighted by atomic mass is 32.2. The van der Waals surface area contributed by atoms with Crippen LogP contribution in [-0.4, -0.2) is 28.6 Å². The van der Waals surface area contributed by atoms with Gasteiger partial charge in [0.05, 0.1) is 24.1 Å². The molecule has 2 heterocycles. The molecule has 0 aliphatic rings. The number of hydrogen-bond acceptors (Lipinski definition) is 5. The van der Waals surface area contributed by atoms with Gasteiger partial charge in [-0.05, 0) is 19.9 Å². The van der Waals surface area contributed by atoms with Crippen LogP contribution < -0.4 is 4.72 Å². The van der Waals surface area contributed by atoms with Crippen molar-refractivity contribution >= 4 is 10.0 Å². The second kappa shape index (κ2) is 4.83. The number of nitrogens with zero attached hydrogens (tertiary/aromatic N) is 3. The van der Waals surface area contributed by atoms with Crippen LogP contribution in [0.25, 0.3) is 0 Å². The maximum Gasteiger partial charge on any atom is 0.244 e. The van der Waals surface area contributed by atoms with Crippen molar-refractivity contribution in [3.63, 3.8) is 0 Å².